The number of fused-ring (bicyclic) bond motifs is 1. The SMILES string of the molecule is CCS(=O)(=O)Nc1ccc2c(c1)C(=O)N(C)C[C@@H](OC)[C@H](C)CN(CC1CCCCC1)[C@H](C)CO2. The van der Waals surface area contributed by atoms with Crippen LogP contribution in [0, 0.1) is 11.8 Å². The van der Waals surface area contributed by atoms with Crippen molar-refractivity contribution in [3.8, 4) is 5.75 Å². The average Bonchev–Trinajstić information content (AvgIpc) is 2.85. The molecular weight excluding hydrogens is 466 g/mol. The molecule has 1 amide bonds. The van der Waals surface area contributed by atoms with Gasteiger partial charge >= 0.3 is 0 Å². The summed E-state index contributed by atoms with van der Waals surface area (Å²) < 4.78 is 38.8. The first-order chi connectivity index (χ1) is 16.6. The van der Waals surface area contributed by atoms with Crippen LogP contribution in [0.15, 0.2) is 18.2 Å². The van der Waals surface area contributed by atoms with Gasteiger partial charge in [-0.05, 0) is 56.7 Å². The maximum atomic E-state index is 13.4. The molecule has 198 valence electrons. The summed E-state index contributed by atoms with van der Waals surface area (Å²) in [5.74, 6) is 1.13. The van der Waals surface area contributed by atoms with E-state index in [1.54, 1.807) is 44.2 Å². The molecule has 1 aromatic carbocycles. The highest BCUT2D eigenvalue weighted by molar-refractivity contribution is 7.92. The van der Waals surface area contributed by atoms with E-state index in [9.17, 15) is 13.2 Å². The van der Waals surface area contributed by atoms with Crippen molar-refractivity contribution in [2.45, 2.75) is 65.0 Å². The number of carbonyl (C=O) groups is 1. The molecule has 3 atom stereocenters. The Balaban J connectivity index is 1.91. The minimum atomic E-state index is -3.46. The van der Waals surface area contributed by atoms with Crippen molar-refractivity contribution in [1.29, 1.82) is 0 Å². The Bertz CT molecular complexity index is 948. The molecule has 0 spiro atoms. The lowest BCUT2D eigenvalue weighted by Gasteiger charge is -2.38. The van der Waals surface area contributed by atoms with E-state index in [4.69, 9.17) is 9.47 Å². The highest BCUT2D eigenvalue weighted by atomic mass is 32.2. The highest BCUT2D eigenvalue weighted by Crippen LogP contribution is 2.29. The number of methoxy groups -OCH3 is 1. The standard InChI is InChI=1S/C26H43N3O5S/c1-6-35(31,32)27-22-12-13-24-23(14-22)26(30)28(4)17-25(33-5)19(2)15-29(20(3)18-34-24)16-21-10-8-7-9-11-21/h12-14,19-21,25,27H,6-11,15-18H2,1-5H3/t19-,20-,25-/m1/s1. The third kappa shape index (κ3) is 7.57. The summed E-state index contributed by atoms with van der Waals surface area (Å²) >= 11 is 0. The number of amides is 1. The summed E-state index contributed by atoms with van der Waals surface area (Å²) in [4.78, 5) is 17.6. The van der Waals surface area contributed by atoms with Crippen molar-refractivity contribution < 1.29 is 22.7 Å². The predicted octanol–water partition coefficient (Wildman–Crippen LogP) is 3.83. The van der Waals surface area contributed by atoms with Gasteiger partial charge < -0.3 is 14.4 Å². The minimum absolute atomic E-state index is 0.0455. The van der Waals surface area contributed by atoms with E-state index >= 15 is 0 Å². The molecule has 8 nitrogen and oxygen atoms in total. The number of carbonyl (C=O) groups excluding carboxylic acids is 1. The van der Waals surface area contributed by atoms with Crippen LogP contribution in [-0.4, -0.2) is 82.4 Å². The van der Waals surface area contributed by atoms with Crippen molar-refractivity contribution in [3.63, 3.8) is 0 Å². The Morgan fingerprint density at radius 2 is 1.86 bits per heavy atom. The van der Waals surface area contributed by atoms with Crippen molar-refractivity contribution in [1.82, 2.24) is 9.80 Å². The number of likely N-dealkylation sites (N-methyl/N-ethyl adjacent to an activating group) is 1. The van der Waals surface area contributed by atoms with Crippen LogP contribution in [0.2, 0.25) is 0 Å². The van der Waals surface area contributed by atoms with E-state index in [1.807, 2.05) is 0 Å². The van der Waals surface area contributed by atoms with Gasteiger partial charge in [-0.1, -0.05) is 26.2 Å². The van der Waals surface area contributed by atoms with Gasteiger partial charge in [-0.3, -0.25) is 14.4 Å². The molecular formula is C26H43N3O5S. The lowest BCUT2D eigenvalue weighted by atomic mass is 9.88. The van der Waals surface area contributed by atoms with Gasteiger partial charge in [0, 0.05) is 45.5 Å². The third-order valence-corrected chi connectivity index (χ3v) is 8.75. The second kappa shape index (κ2) is 12.4. The normalized spacial score (nSPS) is 25.8. The van der Waals surface area contributed by atoms with E-state index in [2.05, 4.69) is 23.5 Å². The second-order valence-corrected chi connectivity index (χ2v) is 12.3. The number of nitrogens with one attached hydrogen (secondary N) is 1. The summed E-state index contributed by atoms with van der Waals surface area (Å²) in [6, 6.07) is 5.07. The Labute approximate surface area is 211 Å². The predicted molar refractivity (Wildman–Crippen MR) is 140 cm³/mol. The number of hydrogen-bond acceptors (Lipinski definition) is 6. The number of nitrogens with zero attached hydrogens (tertiary/aromatic N) is 2. The van der Waals surface area contributed by atoms with Crippen LogP contribution in [0.1, 0.15) is 63.2 Å². The van der Waals surface area contributed by atoms with Crippen LogP contribution in [0.4, 0.5) is 5.69 Å². The zero-order valence-electron chi connectivity index (χ0n) is 22.0. The Morgan fingerprint density at radius 1 is 1.14 bits per heavy atom. The molecule has 2 aliphatic rings. The first kappa shape index (κ1) is 27.7. The molecule has 9 heteroatoms. The van der Waals surface area contributed by atoms with Gasteiger partial charge in [0.1, 0.15) is 12.4 Å². The maximum Gasteiger partial charge on any atom is 0.257 e. The molecule has 1 aromatic rings. The summed E-state index contributed by atoms with van der Waals surface area (Å²) in [5, 5.41) is 0. The molecule has 0 radical (unpaired) electrons. The average molecular weight is 510 g/mol. The van der Waals surface area contributed by atoms with Crippen LogP contribution >= 0.6 is 0 Å². The van der Waals surface area contributed by atoms with Crippen LogP contribution in [0.25, 0.3) is 0 Å². The number of anilines is 1. The molecule has 1 N–H and O–H groups in total. The molecule has 3 rings (SSSR count). The summed E-state index contributed by atoms with van der Waals surface area (Å²) in [5.41, 5.74) is 0.699. The second-order valence-electron chi connectivity index (χ2n) is 10.3. The molecule has 1 fully saturated rings. The zero-order chi connectivity index (χ0) is 25.6. The Morgan fingerprint density at radius 3 is 2.51 bits per heavy atom. The van der Waals surface area contributed by atoms with Gasteiger partial charge in [0.15, 0.2) is 0 Å². The van der Waals surface area contributed by atoms with E-state index in [-0.39, 0.29) is 29.7 Å². The third-order valence-electron chi connectivity index (χ3n) is 7.44. The Hall–Kier alpha value is -1.84. The summed E-state index contributed by atoms with van der Waals surface area (Å²) in [6.07, 6.45) is 6.40. The Kier molecular flexibility index (Phi) is 9.84. The van der Waals surface area contributed by atoms with Crippen LogP contribution in [-0.2, 0) is 14.8 Å². The number of rotatable bonds is 6. The summed E-state index contributed by atoms with van der Waals surface area (Å²) in [6.45, 7) is 8.75. The van der Waals surface area contributed by atoms with Crippen LogP contribution < -0.4 is 9.46 Å². The zero-order valence-corrected chi connectivity index (χ0v) is 22.8. The van der Waals surface area contributed by atoms with Gasteiger partial charge in [-0.2, -0.15) is 0 Å². The molecule has 0 bridgehead atoms. The van der Waals surface area contributed by atoms with Gasteiger partial charge in [0.05, 0.1) is 17.4 Å². The van der Waals surface area contributed by atoms with Crippen LogP contribution in [0.5, 0.6) is 5.75 Å². The van der Waals surface area contributed by atoms with E-state index in [0.29, 0.717) is 36.1 Å². The molecule has 0 aromatic heterocycles. The fourth-order valence-corrected chi connectivity index (χ4v) is 5.75. The van der Waals surface area contributed by atoms with Gasteiger partial charge in [0.2, 0.25) is 10.0 Å². The lowest BCUT2D eigenvalue weighted by Crippen LogP contribution is -2.48. The first-order valence-electron chi connectivity index (χ1n) is 12.9. The number of sulfonamides is 1. The molecule has 1 saturated carbocycles. The van der Waals surface area contributed by atoms with Gasteiger partial charge in [0.25, 0.3) is 5.91 Å². The largest absolute Gasteiger partial charge is 0.491 e. The van der Waals surface area contributed by atoms with Gasteiger partial charge in [-0.15, -0.1) is 0 Å². The quantitative estimate of drug-likeness (QED) is 0.627. The first-order valence-corrected chi connectivity index (χ1v) is 14.6. The van der Waals surface area contributed by atoms with E-state index in [0.717, 1.165) is 13.1 Å². The lowest BCUT2D eigenvalue weighted by molar-refractivity contribution is 0.00690. The van der Waals surface area contributed by atoms with Crippen molar-refractivity contribution in [3.05, 3.63) is 23.8 Å². The van der Waals surface area contributed by atoms with E-state index in [1.165, 1.54) is 32.1 Å². The smallest absolute Gasteiger partial charge is 0.257 e. The van der Waals surface area contributed by atoms with Crippen molar-refractivity contribution in [2.75, 3.05) is 50.9 Å². The van der Waals surface area contributed by atoms with E-state index < -0.39 is 10.0 Å². The fraction of sp³-hybridized carbons (Fsp3) is 0.731. The van der Waals surface area contributed by atoms with Crippen molar-refractivity contribution in [2.24, 2.45) is 11.8 Å². The molecule has 0 unspecified atom stereocenters. The topological polar surface area (TPSA) is 88.2 Å². The minimum Gasteiger partial charge on any atom is -0.491 e. The number of benzene rings is 1. The summed E-state index contributed by atoms with van der Waals surface area (Å²) in [7, 11) is -0.00754. The molecule has 1 aliphatic heterocycles. The molecule has 35 heavy (non-hydrogen) atoms. The fourth-order valence-electron chi connectivity index (χ4n) is 5.12. The van der Waals surface area contributed by atoms with Crippen molar-refractivity contribution >= 4 is 21.6 Å². The molecule has 1 heterocycles. The monoisotopic (exact) mass is 509 g/mol. The highest BCUT2D eigenvalue weighted by Gasteiger charge is 2.30. The van der Waals surface area contributed by atoms with Gasteiger partial charge in [-0.25, -0.2) is 8.42 Å². The van der Waals surface area contributed by atoms with Crippen LogP contribution in [0.3, 0.4) is 0 Å². The molecule has 1 aliphatic carbocycles. The number of ether oxygens (including phenoxy) is 2. The maximum absolute atomic E-state index is 13.4. The molecule has 0 saturated heterocycles. The number of hydrogen-bond donors (Lipinski definition) is 1.